The van der Waals surface area contributed by atoms with Crippen molar-refractivity contribution in [1.29, 1.82) is 0 Å². The highest BCUT2D eigenvalue weighted by atomic mass is 35.5. The number of aromatic nitrogens is 1. The van der Waals surface area contributed by atoms with Crippen molar-refractivity contribution in [1.82, 2.24) is 4.98 Å². The zero-order chi connectivity index (χ0) is 13.0. The third kappa shape index (κ3) is 3.39. The topological polar surface area (TPSA) is 38.9 Å². The van der Waals surface area contributed by atoms with E-state index >= 15 is 0 Å². The first-order chi connectivity index (χ1) is 8.70. The van der Waals surface area contributed by atoms with Crippen molar-refractivity contribution in [2.24, 2.45) is 5.73 Å². The van der Waals surface area contributed by atoms with Crippen molar-refractivity contribution < 1.29 is 0 Å². The van der Waals surface area contributed by atoms with E-state index in [1.807, 2.05) is 24.3 Å². The standard InChI is InChI=1S/C13H12Cl2N2S/c14-11-4-3-10(8-12(11)15)18-13-9(5-6-16)2-1-7-17-13/h1-4,7-8H,5-6,16H2. The molecule has 0 spiro atoms. The summed E-state index contributed by atoms with van der Waals surface area (Å²) in [5.41, 5.74) is 6.74. The van der Waals surface area contributed by atoms with Crippen LogP contribution in [0.3, 0.4) is 0 Å². The number of nitrogens with two attached hydrogens (primary N) is 1. The lowest BCUT2D eigenvalue weighted by atomic mass is 10.2. The van der Waals surface area contributed by atoms with Gasteiger partial charge in [0, 0.05) is 11.1 Å². The fourth-order valence-electron chi connectivity index (χ4n) is 1.51. The van der Waals surface area contributed by atoms with Gasteiger partial charge in [-0.2, -0.15) is 0 Å². The predicted octanol–water partition coefficient (Wildman–Crippen LogP) is 4.04. The molecule has 0 radical (unpaired) electrons. The maximum Gasteiger partial charge on any atom is 0.104 e. The highest BCUT2D eigenvalue weighted by molar-refractivity contribution is 7.99. The Morgan fingerprint density at radius 2 is 2.00 bits per heavy atom. The van der Waals surface area contributed by atoms with Crippen molar-refractivity contribution in [3.63, 3.8) is 0 Å². The molecule has 5 heteroatoms. The monoisotopic (exact) mass is 298 g/mol. The number of benzene rings is 1. The van der Waals surface area contributed by atoms with Gasteiger partial charge in [0.2, 0.25) is 0 Å². The number of rotatable bonds is 4. The SMILES string of the molecule is NCCc1cccnc1Sc1ccc(Cl)c(Cl)c1. The van der Waals surface area contributed by atoms with Gasteiger partial charge < -0.3 is 5.73 Å². The van der Waals surface area contributed by atoms with Crippen LogP contribution in [0, 0.1) is 0 Å². The largest absolute Gasteiger partial charge is 0.330 e. The van der Waals surface area contributed by atoms with Crippen LogP contribution in [0.25, 0.3) is 0 Å². The molecular weight excluding hydrogens is 287 g/mol. The van der Waals surface area contributed by atoms with Crippen LogP contribution in [0.1, 0.15) is 5.56 Å². The molecule has 1 aromatic heterocycles. The molecule has 0 atom stereocenters. The van der Waals surface area contributed by atoms with Gasteiger partial charge in [0.15, 0.2) is 0 Å². The van der Waals surface area contributed by atoms with Gasteiger partial charge >= 0.3 is 0 Å². The molecule has 0 amide bonds. The molecule has 0 fully saturated rings. The summed E-state index contributed by atoms with van der Waals surface area (Å²) in [6.45, 7) is 0.612. The molecule has 0 aliphatic heterocycles. The van der Waals surface area contributed by atoms with Gasteiger partial charge in [0.1, 0.15) is 5.03 Å². The summed E-state index contributed by atoms with van der Waals surface area (Å²) in [5.74, 6) is 0. The van der Waals surface area contributed by atoms with Crippen molar-refractivity contribution in [2.75, 3.05) is 6.54 Å². The minimum absolute atomic E-state index is 0.554. The van der Waals surface area contributed by atoms with Crippen LogP contribution < -0.4 is 5.73 Å². The fourth-order valence-corrected chi connectivity index (χ4v) is 2.83. The summed E-state index contributed by atoms with van der Waals surface area (Å²) in [4.78, 5) is 5.39. The smallest absolute Gasteiger partial charge is 0.104 e. The fraction of sp³-hybridized carbons (Fsp3) is 0.154. The molecule has 0 aliphatic carbocycles. The van der Waals surface area contributed by atoms with Crippen molar-refractivity contribution in [3.05, 3.63) is 52.1 Å². The number of pyridine rings is 1. The molecule has 2 rings (SSSR count). The van der Waals surface area contributed by atoms with E-state index < -0.39 is 0 Å². The highest BCUT2D eigenvalue weighted by Crippen LogP contribution is 2.33. The number of hydrogen-bond donors (Lipinski definition) is 1. The quantitative estimate of drug-likeness (QED) is 0.926. The van der Waals surface area contributed by atoms with Crippen molar-refractivity contribution in [2.45, 2.75) is 16.3 Å². The van der Waals surface area contributed by atoms with E-state index in [9.17, 15) is 0 Å². The third-order valence-electron chi connectivity index (χ3n) is 2.37. The second kappa shape index (κ2) is 6.43. The van der Waals surface area contributed by atoms with Crippen LogP contribution in [0.5, 0.6) is 0 Å². The first-order valence-electron chi connectivity index (χ1n) is 5.47. The number of nitrogens with zero attached hydrogens (tertiary/aromatic N) is 1. The number of hydrogen-bond acceptors (Lipinski definition) is 3. The summed E-state index contributed by atoms with van der Waals surface area (Å²) >= 11 is 13.5. The minimum atomic E-state index is 0.554. The van der Waals surface area contributed by atoms with E-state index in [-0.39, 0.29) is 0 Å². The van der Waals surface area contributed by atoms with Gasteiger partial charge in [0.05, 0.1) is 10.0 Å². The van der Waals surface area contributed by atoms with E-state index in [0.29, 0.717) is 16.6 Å². The molecule has 1 aromatic carbocycles. The lowest BCUT2D eigenvalue weighted by Gasteiger charge is -2.07. The maximum absolute atomic E-state index is 6.00. The first-order valence-corrected chi connectivity index (χ1v) is 7.05. The second-order valence-corrected chi connectivity index (χ2v) is 5.56. The molecule has 18 heavy (non-hydrogen) atoms. The van der Waals surface area contributed by atoms with Gasteiger partial charge in [-0.1, -0.05) is 41.0 Å². The van der Waals surface area contributed by atoms with Crippen LogP contribution in [-0.2, 0) is 6.42 Å². The second-order valence-electron chi connectivity index (χ2n) is 3.68. The van der Waals surface area contributed by atoms with Gasteiger partial charge in [-0.25, -0.2) is 4.98 Å². The van der Waals surface area contributed by atoms with E-state index in [1.54, 1.807) is 24.0 Å². The van der Waals surface area contributed by atoms with E-state index in [4.69, 9.17) is 28.9 Å². The molecule has 0 bridgehead atoms. The molecule has 0 saturated heterocycles. The van der Waals surface area contributed by atoms with Crippen LogP contribution in [0.15, 0.2) is 46.5 Å². The van der Waals surface area contributed by atoms with E-state index in [2.05, 4.69) is 4.98 Å². The molecule has 1 heterocycles. The molecule has 94 valence electrons. The summed E-state index contributed by atoms with van der Waals surface area (Å²) < 4.78 is 0. The lowest BCUT2D eigenvalue weighted by Crippen LogP contribution is -2.04. The third-order valence-corrected chi connectivity index (χ3v) is 4.16. The van der Waals surface area contributed by atoms with Gasteiger partial charge in [-0.15, -0.1) is 0 Å². The zero-order valence-electron chi connectivity index (χ0n) is 9.57. The molecule has 0 saturated carbocycles. The van der Waals surface area contributed by atoms with Crippen LogP contribution >= 0.6 is 35.0 Å². The maximum atomic E-state index is 6.00. The minimum Gasteiger partial charge on any atom is -0.330 e. The highest BCUT2D eigenvalue weighted by Gasteiger charge is 2.06. The van der Waals surface area contributed by atoms with E-state index in [0.717, 1.165) is 21.9 Å². The Kier molecular flexibility index (Phi) is 4.89. The average Bonchev–Trinajstić information content (AvgIpc) is 2.37. The van der Waals surface area contributed by atoms with Gasteiger partial charge in [-0.3, -0.25) is 0 Å². The Hall–Kier alpha value is -0.740. The Bertz CT molecular complexity index is 546. The number of halogens is 2. The summed E-state index contributed by atoms with van der Waals surface area (Å²) in [6, 6.07) is 9.52. The molecule has 2 aromatic rings. The van der Waals surface area contributed by atoms with Crippen LogP contribution in [-0.4, -0.2) is 11.5 Å². The Morgan fingerprint density at radius 3 is 2.72 bits per heavy atom. The molecule has 0 unspecified atom stereocenters. The molecular formula is C13H12Cl2N2S. The Morgan fingerprint density at radius 1 is 1.17 bits per heavy atom. The van der Waals surface area contributed by atoms with Crippen LogP contribution in [0.2, 0.25) is 10.0 Å². The van der Waals surface area contributed by atoms with Gasteiger partial charge in [0.25, 0.3) is 0 Å². The average molecular weight is 299 g/mol. The molecule has 2 N–H and O–H groups in total. The van der Waals surface area contributed by atoms with Crippen LogP contribution in [0.4, 0.5) is 0 Å². The molecule has 0 aliphatic rings. The van der Waals surface area contributed by atoms with Crippen molar-refractivity contribution in [3.8, 4) is 0 Å². The van der Waals surface area contributed by atoms with Gasteiger partial charge in [-0.05, 0) is 42.8 Å². The summed E-state index contributed by atoms with van der Waals surface area (Å²) in [6.07, 6.45) is 2.59. The normalized spacial score (nSPS) is 10.6. The summed E-state index contributed by atoms with van der Waals surface area (Å²) in [5, 5.41) is 2.07. The molecule has 2 nitrogen and oxygen atoms in total. The Labute approximate surface area is 121 Å². The van der Waals surface area contributed by atoms with Crippen molar-refractivity contribution >= 4 is 35.0 Å². The lowest BCUT2D eigenvalue weighted by molar-refractivity contribution is 0.911. The van der Waals surface area contributed by atoms with E-state index in [1.165, 1.54) is 0 Å². The first kappa shape index (κ1) is 13.7. The predicted molar refractivity (Wildman–Crippen MR) is 77.6 cm³/mol. The Balaban J connectivity index is 2.25. The summed E-state index contributed by atoms with van der Waals surface area (Å²) in [7, 11) is 0. The zero-order valence-corrected chi connectivity index (χ0v) is 11.9.